The van der Waals surface area contributed by atoms with Crippen LogP contribution in [0.25, 0.3) is 11.1 Å². The average molecular weight is 492 g/mol. The maximum Gasteiger partial charge on any atom is 0.257 e. The second-order valence-electron chi connectivity index (χ2n) is 9.19. The van der Waals surface area contributed by atoms with Crippen LogP contribution in [0.4, 0.5) is 21.7 Å². The number of nitrogens with zero attached hydrogens (tertiary/aromatic N) is 6. The molecule has 4 heterocycles. The van der Waals surface area contributed by atoms with Crippen molar-refractivity contribution in [3.63, 3.8) is 0 Å². The lowest BCUT2D eigenvalue weighted by molar-refractivity contribution is 0.102. The van der Waals surface area contributed by atoms with E-state index in [0.29, 0.717) is 53.3 Å². The number of piperazine rings is 1. The van der Waals surface area contributed by atoms with Gasteiger partial charge in [0.2, 0.25) is 5.95 Å². The fraction of sp³-hybridized carbons (Fsp3) is 0.385. The SMILES string of the molecule is C[C@H]1CN(c2cc(F)c(-c3cnc(N4CCOCC4)nc3)cc2NC(=O)c2cccnc2)CCN1C. The van der Waals surface area contributed by atoms with Crippen molar-refractivity contribution < 1.29 is 13.9 Å². The van der Waals surface area contributed by atoms with Crippen molar-refractivity contribution in [1.29, 1.82) is 0 Å². The summed E-state index contributed by atoms with van der Waals surface area (Å²) in [6.45, 7) is 7.13. The van der Waals surface area contributed by atoms with Crippen LogP contribution in [0.15, 0.2) is 49.1 Å². The van der Waals surface area contributed by atoms with Crippen molar-refractivity contribution >= 4 is 23.2 Å². The van der Waals surface area contributed by atoms with Gasteiger partial charge in [-0.3, -0.25) is 9.78 Å². The number of aromatic nitrogens is 3. The Labute approximate surface area is 209 Å². The summed E-state index contributed by atoms with van der Waals surface area (Å²) < 4.78 is 20.9. The topological polar surface area (TPSA) is 86.7 Å². The summed E-state index contributed by atoms with van der Waals surface area (Å²) in [5.74, 6) is -0.0997. The molecule has 2 aliphatic heterocycles. The number of nitrogens with one attached hydrogen (secondary N) is 1. The molecule has 10 heteroatoms. The van der Waals surface area contributed by atoms with E-state index in [-0.39, 0.29) is 5.91 Å². The van der Waals surface area contributed by atoms with Crippen LogP contribution in [-0.2, 0) is 4.74 Å². The number of ether oxygens (including phenoxy) is 1. The molecule has 2 aromatic heterocycles. The standard InChI is InChI=1S/C26H30FN7O2/c1-18-17-34(7-6-32(18)2)24-13-22(27)21(12-23(24)31-25(35)19-4-3-5-28-14-19)20-15-29-26(30-16-20)33-8-10-36-11-9-33/h3-5,12-16,18H,6-11,17H2,1-2H3,(H,31,35)/t18-/m0/s1. The minimum Gasteiger partial charge on any atom is -0.378 e. The summed E-state index contributed by atoms with van der Waals surface area (Å²) in [4.78, 5) is 32.4. The first kappa shape index (κ1) is 24.1. The third-order valence-corrected chi connectivity index (χ3v) is 6.80. The Morgan fingerprint density at radius 2 is 1.86 bits per heavy atom. The summed E-state index contributed by atoms with van der Waals surface area (Å²) >= 11 is 0. The molecule has 1 N–H and O–H groups in total. The summed E-state index contributed by atoms with van der Waals surface area (Å²) in [5, 5.41) is 2.99. The van der Waals surface area contributed by atoms with Gasteiger partial charge in [0, 0.05) is 74.7 Å². The minimum absolute atomic E-state index is 0.296. The van der Waals surface area contributed by atoms with E-state index in [9.17, 15) is 4.79 Å². The minimum atomic E-state index is -0.390. The smallest absolute Gasteiger partial charge is 0.257 e. The molecule has 0 bridgehead atoms. The highest BCUT2D eigenvalue weighted by atomic mass is 19.1. The quantitative estimate of drug-likeness (QED) is 0.583. The average Bonchev–Trinajstić information content (AvgIpc) is 2.92. The number of likely N-dealkylation sites (N-methyl/N-ethyl adjacent to an activating group) is 1. The Bertz CT molecular complexity index is 1200. The second-order valence-corrected chi connectivity index (χ2v) is 9.19. The molecule has 188 valence electrons. The van der Waals surface area contributed by atoms with E-state index in [0.717, 1.165) is 32.7 Å². The van der Waals surface area contributed by atoms with Crippen LogP contribution in [0.1, 0.15) is 17.3 Å². The first-order chi connectivity index (χ1) is 17.5. The number of rotatable bonds is 5. The molecule has 2 saturated heterocycles. The highest BCUT2D eigenvalue weighted by molar-refractivity contribution is 6.06. The molecule has 1 aromatic carbocycles. The zero-order valence-electron chi connectivity index (χ0n) is 20.5. The number of benzene rings is 1. The molecule has 1 amide bonds. The highest BCUT2D eigenvalue weighted by Crippen LogP contribution is 2.35. The maximum absolute atomic E-state index is 15.5. The number of carbonyl (C=O) groups is 1. The van der Waals surface area contributed by atoms with Gasteiger partial charge in [-0.05, 0) is 38.2 Å². The van der Waals surface area contributed by atoms with Gasteiger partial charge in [-0.15, -0.1) is 0 Å². The highest BCUT2D eigenvalue weighted by Gasteiger charge is 2.25. The monoisotopic (exact) mass is 491 g/mol. The van der Waals surface area contributed by atoms with Crippen LogP contribution in [0.2, 0.25) is 0 Å². The van der Waals surface area contributed by atoms with Crippen molar-refractivity contribution in [2.45, 2.75) is 13.0 Å². The van der Waals surface area contributed by atoms with E-state index < -0.39 is 5.82 Å². The van der Waals surface area contributed by atoms with Crippen molar-refractivity contribution in [2.75, 3.05) is 68.1 Å². The normalized spacial score (nSPS) is 18.8. The van der Waals surface area contributed by atoms with E-state index in [2.05, 4.69) is 44.0 Å². The predicted octanol–water partition coefficient (Wildman–Crippen LogP) is 2.91. The number of carbonyl (C=O) groups excluding carboxylic acids is 1. The second kappa shape index (κ2) is 10.5. The number of hydrogen-bond acceptors (Lipinski definition) is 8. The fourth-order valence-electron chi connectivity index (χ4n) is 4.49. The Kier molecular flexibility index (Phi) is 7.06. The van der Waals surface area contributed by atoms with Gasteiger partial charge < -0.3 is 24.8 Å². The van der Waals surface area contributed by atoms with Gasteiger partial charge in [0.15, 0.2) is 0 Å². The number of morpholine rings is 1. The maximum atomic E-state index is 15.5. The zero-order chi connectivity index (χ0) is 25.1. The van der Waals surface area contributed by atoms with Gasteiger partial charge in [0.25, 0.3) is 5.91 Å². The largest absolute Gasteiger partial charge is 0.378 e. The number of amides is 1. The number of halogens is 1. The summed E-state index contributed by atoms with van der Waals surface area (Å²) in [6, 6.07) is 6.88. The number of anilines is 3. The fourth-order valence-corrected chi connectivity index (χ4v) is 4.49. The summed E-state index contributed by atoms with van der Waals surface area (Å²) in [6.07, 6.45) is 6.38. The van der Waals surface area contributed by atoms with Gasteiger partial charge >= 0.3 is 0 Å². The van der Waals surface area contributed by atoms with E-state index in [1.807, 2.05) is 4.90 Å². The lowest BCUT2D eigenvalue weighted by Crippen LogP contribution is -2.50. The van der Waals surface area contributed by atoms with E-state index in [4.69, 9.17) is 4.74 Å². The first-order valence-corrected chi connectivity index (χ1v) is 12.1. The van der Waals surface area contributed by atoms with Gasteiger partial charge in [0.05, 0.1) is 30.2 Å². The van der Waals surface area contributed by atoms with E-state index in [1.54, 1.807) is 36.8 Å². The molecular weight excluding hydrogens is 461 g/mol. The molecule has 9 nitrogen and oxygen atoms in total. The molecule has 2 aliphatic rings. The van der Waals surface area contributed by atoms with E-state index >= 15 is 4.39 Å². The molecule has 0 saturated carbocycles. The molecule has 0 aliphatic carbocycles. The van der Waals surface area contributed by atoms with Crippen LogP contribution in [0.5, 0.6) is 0 Å². The van der Waals surface area contributed by atoms with Gasteiger partial charge in [-0.1, -0.05) is 0 Å². The predicted molar refractivity (Wildman–Crippen MR) is 137 cm³/mol. The lowest BCUT2D eigenvalue weighted by Gasteiger charge is -2.39. The molecule has 2 fully saturated rings. The van der Waals surface area contributed by atoms with Crippen LogP contribution in [-0.4, -0.2) is 84.8 Å². The van der Waals surface area contributed by atoms with Gasteiger partial charge in [-0.2, -0.15) is 0 Å². The van der Waals surface area contributed by atoms with Crippen LogP contribution in [0.3, 0.4) is 0 Å². The molecular formula is C26H30FN7O2. The Morgan fingerprint density at radius 3 is 2.56 bits per heavy atom. The Morgan fingerprint density at radius 1 is 1.08 bits per heavy atom. The lowest BCUT2D eigenvalue weighted by atomic mass is 10.0. The van der Waals surface area contributed by atoms with Crippen molar-refractivity contribution in [1.82, 2.24) is 19.9 Å². The third kappa shape index (κ3) is 5.14. The molecule has 0 spiro atoms. The van der Waals surface area contributed by atoms with Crippen molar-refractivity contribution in [3.8, 4) is 11.1 Å². The van der Waals surface area contributed by atoms with Crippen molar-refractivity contribution in [3.05, 3.63) is 60.4 Å². The van der Waals surface area contributed by atoms with Crippen LogP contribution in [0, 0.1) is 5.82 Å². The summed E-state index contributed by atoms with van der Waals surface area (Å²) in [7, 11) is 2.08. The van der Waals surface area contributed by atoms with Gasteiger partial charge in [-0.25, -0.2) is 14.4 Å². The van der Waals surface area contributed by atoms with E-state index in [1.165, 1.54) is 12.3 Å². The third-order valence-electron chi connectivity index (χ3n) is 6.80. The van der Waals surface area contributed by atoms with Crippen molar-refractivity contribution in [2.24, 2.45) is 0 Å². The molecule has 36 heavy (non-hydrogen) atoms. The Hall–Kier alpha value is -3.63. The summed E-state index contributed by atoms with van der Waals surface area (Å²) in [5.41, 5.74) is 2.49. The Balaban J connectivity index is 1.48. The number of hydrogen-bond donors (Lipinski definition) is 1. The molecule has 3 aromatic rings. The van der Waals surface area contributed by atoms with Crippen LogP contribution >= 0.6 is 0 Å². The zero-order valence-corrected chi connectivity index (χ0v) is 20.5. The van der Waals surface area contributed by atoms with Crippen LogP contribution < -0.4 is 15.1 Å². The molecule has 0 unspecified atom stereocenters. The van der Waals surface area contributed by atoms with Gasteiger partial charge in [0.1, 0.15) is 5.82 Å². The molecule has 0 radical (unpaired) electrons. The first-order valence-electron chi connectivity index (χ1n) is 12.1. The molecule has 5 rings (SSSR count). The molecule has 1 atom stereocenters. The number of pyridine rings is 1.